The highest BCUT2D eigenvalue weighted by atomic mass is 19.1. The average molecular weight is 459 g/mol. The van der Waals surface area contributed by atoms with E-state index >= 15 is 0 Å². The number of methoxy groups -OCH3 is 1. The molecule has 2 fully saturated rings. The van der Waals surface area contributed by atoms with Gasteiger partial charge in [0.1, 0.15) is 0 Å². The van der Waals surface area contributed by atoms with E-state index in [0.717, 1.165) is 38.8 Å². The number of nitrogens with zero attached hydrogens (tertiary/aromatic N) is 6. The first kappa shape index (κ1) is 23.4. The molecule has 2 aromatic rings. The fourth-order valence-corrected chi connectivity index (χ4v) is 4.57. The lowest BCUT2D eigenvalue weighted by atomic mass is 10.0. The maximum Gasteiger partial charge on any atom is 0.250 e. The molecule has 2 aliphatic rings. The third kappa shape index (κ3) is 6.19. The van der Waals surface area contributed by atoms with Crippen molar-refractivity contribution in [3.8, 4) is 5.88 Å². The Morgan fingerprint density at radius 3 is 2.39 bits per heavy atom. The summed E-state index contributed by atoms with van der Waals surface area (Å²) >= 11 is 0. The van der Waals surface area contributed by atoms with Crippen LogP contribution in [0.4, 0.5) is 27.9 Å². The minimum absolute atomic E-state index is 0.0467. The molecule has 33 heavy (non-hydrogen) atoms. The zero-order valence-corrected chi connectivity index (χ0v) is 19.8. The van der Waals surface area contributed by atoms with E-state index in [1.807, 2.05) is 7.05 Å². The molecule has 1 saturated carbocycles. The van der Waals surface area contributed by atoms with E-state index in [-0.39, 0.29) is 5.88 Å². The molecule has 3 heterocycles. The molecule has 0 bridgehead atoms. The highest BCUT2D eigenvalue weighted by Crippen LogP contribution is 2.25. The second-order valence-electron chi connectivity index (χ2n) is 9.10. The lowest BCUT2D eigenvalue weighted by Gasteiger charge is -2.35. The van der Waals surface area contributed by atoms with Gasteiger partial charge in [0.2, 0.25) is 23.7 Å². The average Bonchev–Trinajstić information content (AvgIpc) is 3.08. The van der Waals surface area contributed by atoms with Crippen LogP contribution >= 0.6 is 0 Å². The Morgan fingerprint density at radius 1 is 1.03 bits per heavy atom. The second kappa shape index (κ2) is 10.9. The first-order valence-electron chi connectivity index (χ1n) is 11.9. The van der Waals surface area contributed by atoms with E-state index < -0.39 is 5.82 Å². The predicted molar refractivity (Wildman–Crippen MR) is 128 cm³/mol. The Kier molecular flexibility index (Phi) is 7.74. The zero-order valence-electron chi connectivity index (χ0n) is 19.8. The fourth-order valence-electron chi connectivity index (χ4n) is 4.57. The largest absolute Gasteiger partial charge is 0.479 e. The molecule has 9 nitrogen and oxygen atoms in total. The van der Waals surface area contributed by atoms with Gasteiger partial charge in [0.05, 0.1) is 19.0 Å². The minimum Gasteiger partial charge on any atom is -0.479 e. The van der Waals surface area contributed by atoms with Crippen LogP contribution in [0.1, 0.15) is 51.4 Å². The summed E-state index contributed by atoms with van der Waals surface area (Å²) in [6.07, 6.45) is 10.8. The smallest absolute Gasteiger partial charge is 0.250 e. The Hall–Kier alpha value is -2.75. The number of hydrogen-bond acceptors (Lipinski definition) is 9. The van der Waals surface area contributed by atoms with E-state index in [1.165, 1.54) is 45.1 Å². The lowest BCUT2D eigenvalue weighted by molar-refractivity contribution is 0.252. The molecule has 0 atom stereocenters. The summed E-state index contributed by atoms with van der Waals surface area (Å²) in [5.74, 6) is 0.935. The van der Waals surface area contributed by atoms with E-state index in [1.54, 1.807) is 0 Å². The molecule has 2 aromatic heterocycles. The molecule has 2 N–H and O–H groups in total. The second-order valence-corrected chi connectivity index (χ2v) is 9.10. The van der Waals surface area contributed by atoms with Gasteiger partial charge in [0, 0.05) is 25.2 Å². The molecule has 0 radical (unpaired) electrons. The highest BCUT2D eigenvalue weighted by molar-refractivity contribution is 5.55. The fraction of sp³-hybridized carbons (Fsp3) is 0.652. The van der Waals surface area contributed by atoms with Gasteiger partial charge in [-0.3, -0.25) is 0 Å². The number of piperidine rings is 1. The summed E-state index contributed by atoms with van der Waals surface area (Å²) in [5.41, 5.74) is 0.452. The Balaban J connectivity index is 1.58. The van der Waals surface area contributed by atoms with Crippen molar-refractivity contribution in [1.29, 1.82) is 0 Å². The molecule has 1 aliphatic carbocycles. The monoisotopic (exact) mass is 458 g/mol. The summed E-state index contributed by atoms with van der Waals surface area (Å²) in [6, 6.07) is 2.04. The number of anilines is 4. The van der Waals surface area contributed by atoms with Crippen LogP contribution in [0.5, 0.6) is 5.88 Å². The molecule has 0 aromatic carbocycles. The first-order valence-corrected chi connectivity index (χ1v) is 11.9. The third-order valence-electron chi connectivity index (χ3n) is 6.62. The van der Waals surface area contributed by atoms with Crippen LogP contribution in [-0.2, 0) is 0 Å². The molecule has 180 valence electrons. The normalized spacial score (nSPS) is 18.5. The quantitative estimate of drug-likeness (QED) is 0.601. The van der Waals surface area contributed by atoms with Crippen LogP contribution in [0.3, 0.4) is 0 Å². The molecule has 0 unspecified atom stereocenters. The summed E-state index contributed by atoms with van der Waals surface area (Å²) < 4.78 is 19.1. The topological polar surface area (TPSA) is 91.3 Å². The molecule has 4 rings (SSSR count). The van der Waals surface area contributed by atoms with Gasteiger partial charge < -0.3 is 25.2 Å². The summed E-state index contributed by atoms with van der Waals surface area (Å²) in [4.78, 5) is 22.5. The van der Waals surface area contributed by atoms with Crippen LogP contribution in [0.2, 0.25) is 0 Å². The van der Waals surface area contributed by atoms with Crippen LogP contribution in [0, 0.1) is 5.82 Å². The number of nitrogens with one attached hydrogen (secondary N) is 2. The minimum atomic E-state index is -0.544. The Labute approximate surface area is 195 Å². The van der Waals surface area contributed by atoms with Gasteiger partial charge in [-0.05, 0) is 45.8 Å². The van der Waals surface area contributed by atoms with Gasteiger partial charge in [-0.2, -0.15) is 15.0 Å². The number of pyridine rings is 1. The van der Waals surface area contributed by atoms with E-state index in [4.69, 9.17) is 9.72 Å². The van der Waals surface area contributed by atoms with Crippen molar-refractivity contribution in [1.82, 2.24) is 24.8 Å². The highest BCUT2D eigenvalue weighted by Gasteiger charge is 2.24. The van der Waals surface area contributed by atoms with E-state index in [2.05, 4.69) is 42.4 Å². The van der Waals surface area contributed by atoms with Crippen LogP contribution < -0.4 is 20.3 Å². The molecule has 1 aliphatic heterocycles. The van der Waals surface area contributed by atoms with Crippen molar-refractivity contribution in [2.24, 2.45) is 0 Å². The molecular formula is C23H35FN8O. The van der Waals surface area contributed by atoms with Crippen molar-refractivity contribution in [3.63, 3.8) is 0 Å². The molecule has 0 amide bonds. The predicted octanol–water partition coefficient (Wildman–Crippen LogP) is 3.82. The van der Waals surface area contributed by atoms with Gasteiger partial charge in [0.15, 0.2) is 5.82 Å². The van der Waals surface area contributed by atoms with Crippen molar-refractivity contribution in [2.75, 3.05) is 49.8 Å². The van der Waals surface area contributed by atoms with Crippen LogP contribution in [-0.4, -0.2) is 71.2 Å². The van der Waals surface area contributed by atoms with Crippen molar-refractivity contribution in [2.45, 2.75) is 63.5 Å². The number of halogens is 1. The Morgan fingerprint density at radius 2 is 1.73 bits per heavy atom. The number of ether oxygens (including phenoxy) is 1. The Bertz CT molecular complexity index is 913. The van der Waals surface area contributed by atoms with Gasteiger partial charge in [-0.1, -0.05) is 25.7 Å². The number of likely N-dealkylation sites (tertiary alicyclic amines) is 1. The van der Waals surface area contributed by atoms with Gasteiger partial charge in [-0.15, -0.1) is 0 Å². The van der Waals surface area contributed by atoms with Crippen molar-refractivity contribution >= 4 is 23.5 Å². The molecule has 1 saturated heterocycles. The number of aromatic nitrogens is 4. The van der Waals surface area contributed by atoms with E-state index in [0.29, 0.717) is 35.6 Å². The lowest BCUT2D eigenvalue weighted by Crippen LogP contribution is -2.42. The third-order valence-corrected chi connectivity index (χ3v) is 6.62. The molecular weight excluding hydrogens is 423 g/mol. The summed E-state index contributed by atoms with van der Waals surface area (Å²) in [5, 5.41) is 6.63. The van der Waals surface area contributed by atoms with Gasteiger partial charge >= 0.3 is 0 Å². The van der Waals surface area contributed by atoms with Crippen molar-refractivity contribution < 1.29 is 9.13 Å². The zero-order chi connectivity index (χ0) is 23.2. The standard InChI is InChI=1S/C23H35FN8O/c1-31-12-10-18(11-13-31)32(2)23-29-21(26-16-8-6-4-5-7-9-16)28-22(30-23)27-17-14-19(24)20(33-3)25-15-17/h14-16,18H,4-13H2,1-3H3,(H2,26,27,28,29,30). The van der Waals surface area contributed by atoms with Crippen LogP contribution in [0.25, 0.3) is 0 Å². The van der Waals surface area contributed by atoms with Gasteiger partial charge in [0.25, 0.3) is 0 Å². The maximum atomic E-state index is 14.2. The van der Waals surface area contributed by atoms with E-state index in [9.17, 15) is 4.39 Å². The first-order chi connectivity index (χ1) is 16.0. The SMILES string of the molecule is COc1ncc(Nc2nc(NC3CCCCCC3)nc(N(C)C3CCN(C)CC3)n2)cc1F. The maximum absolute atomic E-state index is 14.2. The van der Waals surface area contributed by atoms with Crippen LogP contribution in [0.15, 0.2) is 12.3 Å². The van der Waals surface area contributed by atoms with Gasteiger partial charge in [-0.25, -0.2) is 9.37 Å². The summed E-state index contributed by atoms with van der Waals surface area (Å²) in [7, 11) is 5.58. The number of hydrogen-bond donors (Lipinski definition) is 2. The van der Waals surface area contributed by atoms with Crippen molar-refractivity contribution in [3.05, 3.63) is 18.1 Å². The number of rotatable bonds is 7. The molecule has 0 spiro atoms. The molecule has 10 heteroatoms. The summed E-state index contributed by atoms with van der Waals surface area (Å²) in [6.45, 7) is 2.10.